The van der Waals surface area contributed by atoms with Crippen LogP contribution in [0.2, 0.25) is 0 Å². The van der Waals surface area contributed by atoms with Crippen molar-refractivity contribution in [2.24, 2.45) is 0 Å². The van der Waals surface area contributed by atoms with E-state index in [1.165, 1.54) is 24.3 Å². The summed E-state index contributed by atoms with van der Waals surface area (Å²) in [4.78, 5) is 80.0. The lowest BCUT2D eigenvalue weighted by atomic mass is 9.99. The molecule has 135 heavy (non-hydrogen) atoms. The van der Waals surface area contributed by atoms with E-state index in [1.807, 2.05) is 116 Å². The van der Waals surface area contributed by atoms with Crippen molar-refractivity contribution < 1.29 is 27.8 Å². The maximum absolute atomic E-state index is 14.6. The van der Waals surface area contributed by atoms with Gasteiger partial charge in [0.2, 0.25) is 0 Å². The van der Waals surface area contributed by atoms with E-state index in [-0.39, 0.29) is 36.5 Å². The largest absolute Gasteiger partial charge is 0.394 e. The third-order valence-electron chi connectivity index (χ3n) is 23.3. The lowest BCUT2D eigenvalue weighted by Gasteiger charge is -2.33. The van der Waals surface area contributed by atoms with Gasteiger partial charge in [0, 0.05) is 182 Å². The van der Waals surface area contributed by atoms with Gasteiger partial charge in [-0.2, -0.15) is 15.3 Å². The van der Waals surface area contributed by atoms with Crippen LogP contribution in [0, 0.1) is 23.3 Å². The third-order valence-corrected chi connectivity index (χ3v) is 23.3. The fourth-order valence-corrected chi connectivity index (χ4v) is 16.3. The van der Waals surface area contributed by atoms with Gasteiger partial charge in [-0.1, -0.05) is 60.7 Å². The number of fused-ring (bicyclic) bond motifs is 4. The third kappa shape index (κ3) is 19.9. The summed E-state index contributed by atoms with van der Waals surface area (Å²) in [5.41, 5.74) is 18.3. The van der Waals surface area contributed by atoms with Crippen molar-refractivity contribution in [1.29, 1.82) is 0 Å². The van der Waals surface area contributed by atoms with Crippen molar-refractivity contribution in [1.82, 2.24) is 119 Å². The van der Waals surface area contributed by atoms with E-state index in [0.717, 1.165) is 141 Å². The van der Waals surface area contributed by atoms with Crippen molar-refractivity contribution in [3.8, 4) is 135 Å². The van der Waals surface area contributed by atoms with Crippen LogP contribution in [0.4, 0.5) is 23.4 Å². The molecule has 22 rings (SSSR count). The maximum Gasteiger partial charge on any atom is 0.160 e. The molecule has 0 amide bonds. The molecule has 4 aromatic carbocycles. The molecule has 2 aliphatic heterocycles. The van der Waals surface area contributed by atoms with Crippen molar-refractivity contribution >= 4 is 50.0 Å². The van der Waals surface area contributed by atoms with Crippen LogP contribution in [0.5, 0.6) is 0 Å². The zero-order valence-electron chi connectivity index (χ0n) is 73.2. The Labute approximate surface area is 771 Å². The summed E-state index contributed by atoms with van der Waals surface area (Å²) in [5, 5.41) is 34.5. The number of benzene rings is 4. The second-order valence-corrected chi connectivity index (χ2v) is 32.2. The summed E-state index contributed by atoms with van der Waals surface area (Å²) in [6, 6.07) is 55.4. The van der Waals surface area contributed by atoms with E-state index in [0.29, 0.717) is 115 Å². The lowest BCUT2D eigenvalue weighted by molar-refractivity contribution is 0.212. The zero-order valence-corrected chi connectivity index (χ0v) is 73.2. The number of aliphatic hydroxyl groups is 2. The average molecular weight is 1790 g/mol. The second-order valence-electron chi connectivity index (χ2n) is 32.2. The Balaban J connectivity index is 0.000000116. The Morgan fingerprint density at radius 2 is 0.719 bits per heavy atom. The molecule has 2 fully saturated rings. The fraction of sp³-hybridized carbons (Fsp3) is 0.144. The fourth-order valence-electron chi connectivity index (χ4n) is 16.3. The Bertz CT molecular complexity index is 7670. The Morgan fingerprint density at radius 1 is 0.319 bits per heavy atom. The molecule has 0 radical (unpaired) electrons. The summed E-state index contributed by atoms with van der Waals surface area (Å²) >= 11 is 0. The van der Waals surface area contributed by atoms with Gasteiger partial charge in [-0.25, -0.2) is 77.4 Å². The summed E-state index contributed by atoms with van der Waals surface area (Å²) in [5.74, 6) is -0.384. The molecule has 0 spiro atoms. The first-order valence-corrected chi connectivity index (χ1v) is 43.8. The Kier molecular flexibility index (Phi) is 26.2. The number of hydrogen-bond acceptors (Lipinski definition) is 24. The number of rotatable bonds is 19. The minimum Gasteiger partial charge on any atom is -0.394 e. The molecule has 0 bridgehead atoms. The van der Waals surface area contributed by atoms with Gasteiger partial charge in [0.15, 0.2) is 22.6 Å². The SMILES string of the molecule is CN1CCC(n2cc(-c3cncc(-c4cc(-c5ccccc5F)nc5ncccc45)n3)cn2)CC1.CN1CCN(c2ccc(-c3cncc(-c4cc(-c5ccccc5F)nc5ncccc45)n3)cn2)CC1.OC/C=C/Cn1cc(-c2cncc(-c3cc(-c4ccccc4F)nc4ncccc34)c2)cn1.OCCn1cc(-c2cncc(-c3cc(-c4ccccc4F)nc4ncccc34)n2)cn1. The number of nitrogens with zero attached hydrogens (tertiary/aromatic N) is 25. The van der Waals surface area contributed by atoms with Gasteiger partial charge in [-0.15, -0.1) is 0 Å². The van der Waals surface area contributed by atoms with Crippen LogP contribution in [0.3, 0.4) is 0 Å². The molecule has 18 heterocycles. The number of aromatic nitrogens is 22. The number of anilines is 1. The number of piperidine rings is 1. The quantitative estimate of drug-likeness (QED) is 0.0561. The highest BCUT2D eigenvalue weighted by Gasteiger charge is 2.25. The molecule has 27 nitrogen and oxygen atoms in total. The first-order chi connectivity index (χ1) is 66.3. The molecule has 16 aromatic heterocycles. The van der Waals surface area contributed by atoms with Gasteiger partial charge < -0.3 is 24.9 Å². The van der Waals surface area contributed by atoms with Gasteiger partial charge in [-0.05, 0) is 185 Å². The first-order valence-electron chi connectivity index (χ1n) is 43.8. The highest BCUT2D eigenvalue weighted by atomic mass is 19.1. The summed E-state index contributed by atoms with van der Waals surface area (Å²) < 4.78 is 63.6. The Morgan fingerprint density at radius 3 is 1.18 bits per heavy atom. The molecule has 666 valence electrons. The van der Waals surface area contributed by atoms with Crippen molar-refractivity contribution in [2.75, 3.05) is 71.5 Å². The number of halogens is 4. The molecular weight excluding hydrogens is 1710 g/mol. The predicted molar refractivity (Wildman–Crippen MR) is 512 cm³/mol. The van der Waals surface area contributed by atoms with Crippen LogP contribution in [-0.2, 0) is 13.1 Å². The molecule has 0 aliphatic carbocycles. The predicted octanol–water partition coefficient (Wildman–Crippen LogP) is 18.4. The molecule has 2 N–H and O–H groups in total. The standard InChI is InChI=1S/C28H24FN7.C27H24FN7.C26H20FN5O.C23H17FN6O/c1-35-11-13-36(14-12-35)27-9-8-19(16-32-27)25-17-30-18-26(33-25)22-15-24(21-5-2-3-7-23(21)29)34-28-20(22)6-4-10-31-28;1-34-11-8-19(9-12-34)35-17-18(14-31-35)25-15-29-16-26(32-25)22-13-24(21-5-2-3-7-23(21)28)33-27-20(22)6-4-10-30-27;27-24-8-2-1-6-22(24)25-13-23(21-7-5-9-29-26(21)31-25)19-12-18(14-28-15-19)20-16-30-32(17-20)10-3-4-11-33;24-19-6-2-1-4-17(19)20-10-18(16-5-3-7-26-23(16)29-20)22-13-25-12-21(28-22)15-11-27-30(14-15)8-9-31/h2-10,15-18H,11-14H2,1H3;2-7,10,13-17,19H,8-9,11-12H2,1H3;1-9,12-17,33H,10-11H2;1-7,10-14,31H,8-9H2/b;;4-3+;. The Hall–Kier alpha value is -16.6. The van der Waals surface area contributed by atoms with E-state index >= 15 is 0 Å². The molecule has 0 atom stereocenters. The highest BCUT2D eigenvalue weighted by Crippen LogP contribution is 2.40. The number of hydrogen-bond donors (Lipinski definition) is 2. The normalized spacial score (nSPS) is 13.1. The molecular formula is C104H85F4N25O2. The lowest BCUT2D eigenvalue weighted by Crippen LogP contribution is -2.44. The van der Waals surface area contributed by atoms with Gasteiger partial charge in [0.25, 0.3) is 0 Å². The van der Waals surface area contributed by atoms with Crippen LogP contribution in [0.15, 0.2) is 318 Å². The summed E-state index contributed by atoms with van der Waals surface area (Å²) in [7, 11) is 4.29. The van der Waals surface area contributed by atoms with E-state index in [9.17, 15) is 17.6 Å². The van der Waals surface area contributed by atoms with Crippen molar-refractivity contribution in [2.45, 2.75) is 32.0 Å². The van der Waals surface area contributed by atoms with Crippen LogP contribution in [0.1, 0.15) is 18.9 Å². The van der Waals surface area contributed by atoms with Crippen LogP contribution >= 0.6 is 0 Å². The first kappa shape index (κ1) is 87.7. The summed E-state index contributed by atoms with van der Waals surface area (Å²) in [6.07, 6.45) is 39.1. The highest BCUT2D eigenvalue weighted by molar-refractivity contribution is 5.98. The molecule has 2 saturated heterocycles. The molecule has 2 aliphatic rings. The smallest absolute Gasteiger partial charge is 0.160 e. The molecule has 0 saturated carbocycles. The minimum atomic E-state index is -0.354. The minimum absolute atomic E-state index is 0.00165. The average Bonchev–Trinajstić information content (AvgIpc) is 1.78. The van der Waals surface area contributed by atoms with E-state index < -0.39 is 0 Å². The monoisotopic (exact) mass is 1790 g/mol. The van der Waals surface area contributed by atoms with E-state index in [4.69, 9.17) is 30.1 Å². The zero-order chi connectivity index (χ0) is 92.1. The van der Waals surface area contributed by atoms with E-state index in [2.05, 4.69) is 115 Å². The second kappa shape index (κ2) is 40.4. The maximum atomic E-state index is 14.6. The van der Waals surface area contributed by atoms with Crippen LogP contribution < -0.4 is 4.90 Å². The number of likely N-dealkylation sites (tertiary alicyclic amines) is 1. The topological polar surface area (TPSA) is 310 Å². The number of aliphatic hydroxyl groups excluding tert-OH is 2. The van der Waals surface area contributed by atoms with E-state index in [1.54, 1.807) is 181 Å². The number of pyridine rings is 10. The van der Waals surface area contributed by atoms with Gasteiger partial charge in [-0.3, -0.25) is 34.0 Å². The summed E-state index contributed by atoms with van der Waals surface area (Å²) in [6.45, 7) is 7.11. The number of piperazine rings is 1. The van der Waals surface area contributed by atoms with Gasteiger partial charge >= 0.3 is 0 Å². The van der Waals surface area contributed by atoms with Gasteiger partial charge in [0.05, 0.1) is 145 Å². The van der Waals surface area contributed by atoms with Crippen LogP contribution in [-0.4, -0.2) is 196 Å². The number of likely N-dealkylation sites (N-methyl/N-ethyl adjacent to an activating group) is 1. The van der Waals surface area contributed by atoms with Crippen molar-refractivity contribution in [3.63, 3.8) is 0 Å². The van der Waals surface area contributed by atoms with Gasteiger partial charge in [0.1, 0.15) is 29.1 Å². The molecule has 20 aromatic rings. The molecule has 0 unspecified atom stereocenters. The number of allylic oxidation sites excluding steroid dienone is 1. The van der Waals surface area contributed by atoms with Crippen LogP contribution in [0.25, 0.3) is 179 Å². The molecule has 31 heteroatoms. The van der Waals surface area contributed by atoms with Crippen molar-refractivity contribution in [3.05, 3.63) is 341 Å².